The minimum Gasteiger partial charge on any atom is -0.497 e. The van der Waals surface area contributed by atoms with E-state index in [-0.39, 0.29) is 0 Å². The molecule has 0 bridgehead atoms. The van der Waals surface area contributed by atoms with Crippen LogP contribution < -0.4 is 20.3 Å². The standard InChI is InChI=1S/C21H29N5O2/c1-22-21(24-11-9-17-5-7-19(27-2)8-6-17)25-16-18-4-3-10-23-20(18)26-12-14-28-15-13-26/h3-8,10H,9,11-16H2,1-2H3,(H2,22,24,25). The van der Waals surface area contributed by atoms with Gasteiger partial charge in [0.2, 0.25) is 0 Å². The summed E-state index contributed by atoms with van der Waals surface area (Å²) in [6.45, 7) is 4.71. The summed E-state index contributed by atoms with van der Waals surface area (Å²) in [5.74, 6) is 2.68. The van der Waals surface area contributed by atoms with Crippen LogP contribution >= 0.6 is 0 Å². The molecule has 1 aromatic carbocycles. The zero-order chi connectivity index (χ0) is 19.6. The summed E-state index contributed by atoms with van der Waals surface area (Å²) in [5.41, 5.74) is 2.41. The average Bonchev–Trinajstić information content (AvgIpc) is 2.77. The van der Waals surface area contributed by atoms with Crippen molar-refractivity contribution in [3.8, 4) is 5.75 Å². The Balaban J connectivity index is 1.50. The number of ether oxygens (including phenoxy) is 2. The van der Waals surface area contributed by atoms with Gasteiger partial charge < -0.3 is 25.0 Å². The molecule has 7 nitrogen and oxygen atoms in total. The van der Waals surface area contributed by atoms with Gasteiger partial charge in [0.05, 0.1) is 20.3 Å². The van der Waals surface area contributed by atoms with Crippen LogP contribution in [-0.2, 0) is 17.7 Å². The van der Waals surface area contributed by atoms with Crippen molar-refractivity contribution in [3.63, 3.8) is 0 Å². The summed E-state index contributed by atoms with van der Waals surface area (Å²) in [6, 6.07) is 12.2. The van der Waals surface area contributed by atoms with Crippen LogP contribution in [0.1, 0.15) is 11.1 Å². The third-order valence-corrected chi connectivity index (χ3v) is 4.71. The minimum absolute atomic E-state index is 0.669. The SMILES string of the molecule is CN=C(NCCc1ccc(OC)cc1)NCc1cccnc1N1CCOCC1. The number of nitrogens with zero attached hydrogens (tertiary/aromatic N) is 3. The fraction of sp³-hybridized carbons (Fsp3) is 0.429. The van der Waals surface area contributed by atoms with Gasteiger partial charge in [0, 0.05) is 45.0 Å². The molecule has 150 valence electrons. The van der Waals surface area contributed by atoms with Crippen LogP contribution in [0.5, 0.6) is 5.75 Å². The van der Waals surface area contributed by atoms with E-state index in [1.807, 2.05) is 24.4 Å². The maximum absolute atomic E-state index is 5.45. The second-order valence-electron chi connectivity index (χ2n) is 6.54. The van der Waals surface area contributed by atoms with Crippen molar-refractivity contribution in [2.75, 3.05) is 51.9 Å². The Hall–Kier alpha value is -2.80. The molecule has 2 heterocycles. The number of anilines is 1. The number of aromatic nitrogens is 1. The highest BCUT2D eigenvalue weighted by Crippen LogP contribution is 2.18. The molecular formula is C21H29N5O2. The molecule has 0 radical (unpaired) electrons. The second kappa shape index (κ2) is 10.5. The molecule has 2 N–H and O–H groups in total. The van der Waals surface area contributed by atoms with Crippen LogP contribution in [0.15, 0.2) is 47.6 Å². The van der Waals surface area contributed by atoms with E-state index in [1.54, 1.807) is 14.2 Å². The van der Waals surface area contributed by atoms with Crippen LogP contribution in [0.4, 0.5) is 5.82 Å². The predicted molar refractivity (Wildman–Crippen MR) is 112 cm³/mol. The van der Waals surface area contributed by atoms with Gasteiger partial charge in [0.1, 0.15) is 11.6 Å². The van der Waals surface area contributed by atoms with Crippen molar-refractivity contribution in [3.05, 3.63) is 53.7 Å². The number of benzene rings is 1. The zero-order valence-electron chi connectivity index (χ0n) is 16.6. The fourth-order valence-corrected chi connectivity index (χ4v) is 3.15. The molecule has 0 saturated carbocycles. The van der Waals surface area contributed by atoms with E-state index in [0.717, 1.165) is 62.4 Å². The first kappa shape index (κ1) is 19.9. The van der Waals surface area contributed by atoms with Crippen molar-refractivity contribution >= 4 is 11.8 Å². The van der Waals surface area contributed by atoms with E-state index in [1.165, 1.54) is 5.56 Å². The number of hydrogen-bond acceptors (Lipinski definition) is 5. The Labute approximate surface area is 166 Å². The number of rotatable bonds is 7. The van der Waals surface area contributed by atoms with Gasteiger partial charge in [-0.3, -0.25) is 4.99 Å². The molecule has 28 heavy (non-hydrogen) atoms. The Morgan fingerprint density at radius 3 is 2.68 bits per heavy atom. The lowest BCUT2D eigenvalue weighted by Gasteiger charge is -2.29. The lowest BCUT2D eigenvalue weighted by atomic mass is 10.1. The maximum atomic E-state index is 5.45. The number of morpholine rings is 1. The molecule has 0 amide bonds. The summed E-state index contributed by atoms with van der Waals surface area (Å²) < 4.78 is 10.6. The van der Waals surface area contributed by atoms with E-state index in [4.69, 9.17) is 9.47 Å². The first-order valence-electron chi connectivity index (χ1n) is 9.64. The summed E-state index contributed by atoms with van der Waals surface area (Å²) in [4.78, 5) is 11.2. The largest absolute Gasteiger partial charge is 0.497 e. The van der Waals surface area contributed by atoms with Gasteiger partial charge in [-0.05, 0) is 30.2 Å². The monoisotopic (exact) mass is 383 g/mol. The zero-order valence-corrected chi connectivity index (χ0v) is 16.6. The van der Waals surface area contributed by atoms with Gasteiger partial charge in [-0.25, -0.2) is 4.98 Å². The molecule has 1 aliphatic rings. The van der Waals surface area contributed by atoms with Gasteiger partial charge >= 0.3 is 0 Å². The summed E-state index contributed by atoms with van der Waals surface area (Å²) in [7, 11) is 3.47. The third kappa shape index (κ3) is 5.60. The molecule has 1 saturated heterocycles. The second-order valence-corrected chi connectivity index (χ2v) is 6.54. The highest BCUT2D eigenvalue weighted by molar-refractivity contribution is 5.79. The van der Waals surface area contributed by atoms with Crippen LogP contribution in [0, 0.1) is 0 Å². The number of methoxy groups -OCH3 is 1. The van der Waals surface area contributed by atoms with Crippen molar-refractivity contribution in [1.29, 1.82) is 0 Å². The molecule has 3 rings (SSSR count). The number of nitrogens with one attached hydrogen (secondary N) is 2. The number of aliphatic imine (C=N–C) groups is 1. The lowest BCUT2D eigenvalue weighted by molar-refractivity contribution is 0.122. The van der Waals surface area contributed by atoms with E-state index < -0.39 is 0 Å². The molecule has 2 aromatic rings. The third-order valence-electron chi connectivity index (χ3n) is 4.71. The molecular weight excluding hydrogens is 354 g/mol. The highest BCUT2D eigenvalue weighted by Gasteiger charge is 2.15. The van der Waals surface area contributed by atoms with Gasteiger partial charge in [-0.15, -0.1) is 0 Å². The van der Waals surface area contributed by atoms with Crippen LogP contribution in [0.25, 0.3) is 0 Å². The van der Waals surface area contributed by atoms with Crippen molar-refractivity contribution in [2.45, 2.75) is 13.0 Å². The van der Waals surface area contributed by atoms with E-state index >= 15 is 0 Å². The summed E-state index contributed by atoms with van der Waals surface area (Å²) >= 11 is 0. The topological polar surface area (TPSA) is 71.0 Å². The summed E-state index contributed by atoms with van der Waals surface area (Å²) in [6.07, 6.45) is 2.76. The fourth-order valence-electron chi connectivity index (χ4n) is 3.15. The predicted octanol–water partition coefficient (Wildman–Crippen LogP) is 1.83. The molecule has 1 aliphatic heterocycles. The van der Waals surface area contributed by atoms with Crippen molar-refractivity contribution in [1.82, 2.24) is 15.6 Å². The molecule has 0 aliphatic carbocycles. The smallest absolute Gasteiger partial charge is 0.191 e. The minimum atomic E-state index is 0.669. The Bertz CT molecular complexity index is 758. The first-order valence-corrected chi connectivity index (χ1v) is 9.64. The van der Waals surface area contributed by atoms with E-state index in [2.05, 4.69) is 43.7 Å². The van der Waals surface area contributed by atoms with Crippen LogP contribution in [0.2, 0.25) is 0 Å². The molecule has 1 fully saturated rings. The Kier molecular flexibility index (Phi) is 7.49. The normalized spacial score (nSPS) is 14.6. The Morgan fingerprint density at radius 1 is 1.18 bits per heavy atom. The molecule has 0 atom stereocenters. The van der Waals surface area contributed by atoms with Crippen molar-refractivity contribution in [2.24, 2.45) is 4.99 Å². The quantitative estimate of drug-likeness (QED) is 0.562. The average molecular weight is 383 g/mol. The number of guanidine groups is 1. The number of hydrogen-bond donors (Lipinski definition) is 2. The first-order chi connectivity index (χ1) is 13.8. The molecule has 0 spiro atoms. The van der Waals surface area contributed by atoms with Crippen LogP contribution in [0.3, 0.4) is 0 Å². The molecule has 0 unspecified atom stereocenters. The number of pyridine rings is 1. The highest BCUT2D eigenvalue weighted by atomic mass is 16.5. The maximum Gasteiger partial charge on any atom is 0.191 e. The lowest BCUT2D eigenvalue weighted by Crippen LogP contribution is -2.40. The van der Waals surface area contributed by atoms with Gasteiger partial charge in [-0.1, -0.05) is 18.2 Å². The van der Waals surface area contributed by atoms with Gasteiger partial charge in [-0.2, -0.15) is 0 Å². The van der Waals surface area contributed by atoms with E-state index in [9.17, 15) is 0 Å². The molecule has 1 aromatic heterocycles. The molecule has 7 heteroatoms. The summed E-state index contributed by atoms with van der Waals surface area (Å²) in [5, 5.41) is 6.76. The van der Waals surface area contributed by atoms with E-state index in [0.29, 0.717) is 6.54 Å². The van der Waals surface area contributed by atoms with Crippen LogP contribution in [-0.4, -0.2) is 57.9 Å². The van der Waals surface area contributed by atoms with Gasteiger partial charge in [0.15, 0.2) is 5.96 Å². The van der Waals surface area contributed by atoms with Gasteiger partial charge in [0.25, 0.3) is 0 Å². The Morgan fingerprint density at radius 2 is 1.96 bits per heavy atom. The van der Waals surface area contributed by atoms with Crippen molar-refractivity contribution < 1.29 is 9.47 Å².